The van der Waals surface area contributed by atoms with Gasteiger partial charge in [0.25, 0.3) is 5.56 Å². The predicted molar refractivity (Wildman–Crippen MR) is 105 cm³/mol. The zero-order chi connectivity index (χ0) is 19.4. The number of aromatic nitrogens is 1. The third-order valence-corrected chi connectivity index (χ3v) is 4.66. The number of nitriles is 2. The molecular weight excluding hydrogens is 406 g/mol. The molecule has 0 bridgehead atoms. The second-order valence-electron chi connectivity index (χ2n) is 5.88. The summed E-state index contributed by atoms with van der Waals surface area (Å²) in [5, 5.41) is 18.5. The molecule has 0 aliphatic heterocycles. The Hall–Kier alpha value is -3.35. The maximum atomic E-state index is 12.0. The summed E-state index contributed by atoms with van der Waals surface area (Å²) < 4.78 is 6.52. The molecule has 0 saturated carbocycles. The molecule has 0 saturated heterocycles. The first-order chi connectivity index (χ1) is 13.0. The van der Waals surface area contributed by atoms with Gasteiger partial charge in [-0.2, -0.15) is 10.5 Å². The Morgan fingerprint density at radius 1 is 1.11 bits per heavy atom. The molecule has 3 aromatic rings. The molecule has 0 radical (unpaired) electrons. The number of aromatic amines is 1. The average Bonchev–Trinajstić information content (AvgIpc) is 2.66. The summed E-state index contributed by atoms with van der Waals surface area (Å²) >= 11 is 3.48. The van der Waals surface area contributed by atoms with Gasteiger partial charge in [-0.3, -0.25) is 4.79 Å². The molecule has 1 aromatic heterocycles. The topological polar surface area (TPSA) is 89.7 Å². The van der Waals surface area contributed by atoms with Gasteiger partial charge in [0, 0.05) is 16.8 Å². The minimum Gasteiger partial charge on any atom is -0.488 e. The Morgan fingerprint density at radius 2 is 1.89 bits per heavy atom. The molecule has 0 atom stereocenters. The zero-order valence-corrected chi connectivity index (χ0v) is 16.0. The molecule has 0 aliphatic carbocycles. The molecule has 1 heterocycles. The van der Waals surface area contributed by atoms with Crippen LogP contribution in [0.2, 0.25) is 0 Å². The van der Waals surface area contributed by atoms with Gasteiger partial charge in [-0.1, -0.05) is 24.3 Å². The second kappa shape index (κ2) is 7.90. The first kappa shape index (κ1) is 18.4. The first-order valence-electron chi connectivity index (χ1n) is 8.08. The Bertz CT molecular complexity index is 1150. The monoisotopic (exact) mass is 419 g/mol. The van der Waals surface area contributed by atoms with Gasteiger partial charge in [0.05, 0.1) is 16.1 Å². The van der Waals surface area contributed by atoms with Crippen molar-refractivity contribution < 1.29 is 4.74 Å². The lowest BCUT2D eigenvalue weighted by Gasteiger charge is -2.11. The van der Waals surface area contributed by atoms with Crippen molar-refractivity contribution in [3.8, 4) is 29.0 Å². The minimum absolute atomic E-state index is 0.0733. The molecule has 1 N–H and O–H groups in total. The zero-order valence-electron chi connectivity index (χ0n) is 14.4. The van der Waals surface area contributed by atoms with Gasteiger partial charge in [-0.05, 0) is 52.7 Å². The van der Waals surface area contributed by atoms with Crippen LogP contribution < -0.4 is 10.3 Å². The van der Waals surface area contributed by atoms with E-state index < -0.39 is 5.56 Å². The highest BCUT2D eigenvalue weighted by atomic mass is 79.9. The van der Waals surface area contributed by atoms with Crippen molar-refractivity contribution in [3.63, 3.8) is 0 Å². The quantitative estimate of drug-likeness (QED) is 0.676. The summed E-state index contributed by atoms with van der Waals surface area (Å²) in [7, 11) is 0. The lowest BCUT2D eigenvalue weighted by Crippen LogP contribution is -2.12. The number of aryl methyl sites for hydroxylation is 1. The maximum Gasteiger partial charge on any atom is 0.266 e. The van der Waals surface area contributed by atoms with E-state index in [1.54, 1.807) is 37.3 Å². The third-order valence-electron chi connectivity index (χ3n) is 4.04. The molecule has 132 valence electrons. The third kappa shape index (κ3) is 3.92. The van der Waals surface area contributed by atoms with Gasteiger partial charge < -0.3 is 9.72 Å². The van der Waals surface area contributed by atoms with E-state index in [4.69, 9.17) is 10.00 Å². The molecule has 2 aromatic carbocycles. The van der Waals surface area contributed by atoms with Gasteiger partial charge >= 0.3 is 0 Å². The number of halogens is 1. The SMILES string of the molecule is Cc1cc(-c2ccc(OCc3ccccc3C#N)c(Br)c2)c(C#N)c(=O)[nH]1. The highest BCUT2D eigenvalue weighted by Gasteiger charge is 2.12. The van der Waals surface area contributed by atoms with E-state index in [-0.39, 0.29) is 12.2 Å². The van der Waals surface area contributed by atoms with Crippen molar-refractivity contribution >= 4 is 15.9 Å². The fraction of sp³-hybridized carbons (Fsp3) is 0.0952. The van der Waals surface area contributed by atoms with Crippen LogP contribution in [0.15, 0.2) is 57.8 Å². The highest BCUT2D eigenvalue weighted by Crippen LogP contribution is 2.32. The normalized spacial score (nSPS) is 10.1. The summed E-state index contributed by atoms with van der Waals surface area (Å²) in [4.78, 5) is 14.6. The molecule has 3 rings (SSSR count). The fourth-order valence-electron chi connectivity index (χ4n) is 2.72. The Labute approximate surface area is 164 Å². The van der Waals surface area contributed by atoms with Crippen LogP contribution in [0, 0.1) is 29.6 Å². The second-order valence-corrected chi connectivity index (χ2v) is 6.74. The van der Waals surface area contributed by atoms with Crippen LogP contribution >= 0.6 is 15.9 Å². The molecular formula is C21H14BrN3O2. The Balaban J connectivity index is 1.91. The van der Waals surface area contributed by atoms with Crippen LogP contribution in [0.3, 0.4) is 0 Å². The Kier molecular flexibility index (Phi) is 5.40. The fourth-order valence-corrected chi connectivity index (χ4v) is 3.22. The number of benzene rings is 2. The van der Waals surface area contributed by atoms with Crippen molar-refractivity contribution in [2.24, 2.45) is 0 Å². The van der Waals surface area contributed by atoms with Gasteiger partial charge in [-0.25, -0.2) is 0 Å². The number of nitrogens with one attached hydrogen (secondary N) is 1. The molecule has 0 spiro atoms. The van der Waals surface area contributed by atoms with E-state index in [2.05, 4.69) is 27.0 Å². The highest BCUT2D eigenvalue weighted by molar-refractivity contribution is 9.10. The van der Waals surface area contributed by atoms with Gasteiger partial charge in [0.15, 0.2) is 0 Å². The minimum atomic E-state index is -0.406. The number of pyridine rings is 1. The van der Waals surface area contributed by atoms with Crippen molar-refractivity contribution in [1.29, 1.82) is 10.5 Å². The lowest BCUT2D eigenvalue weighted by atomic mass is 10.0. The summed E-state index contributed by atoms with van der Waals surface area (Å²) in [6, 6.07) is 18.5. The van der Waals surface area contributed by atoms with Crippen LogP contribution in [0.4, 0.5) is 0 Å². The molecule has 0 aliphatic rings. The van der Waals surface area contributed by atoms with Crippen molar-refractivity contribution in [1.82, 2.24) is 4.98 Å². The lowest BCUT2D eigenvalue weighted by molar-refractivity contribution is 0.304. The molecule has 5 nitrogen and oxygen atoms in total. The Morgan fingerprint density at radius 3 is 2.59 bits per heavy atom. The van der Waals surface area contributed by atoms with E-state index in [1.165, 1.54) is 0 Å². The molecule has 0 unspecified atom stereocenters. The smallest absolute Gasteiger partial charge is 0.266 e. The van der Waals surface area contributed by atoms with Crippen molar-refractivity contribution in [2.75, 3.05) is 0 Å². The standard InChI is InChI=1S/C21H14BrN3O2/c1-13-8-17(18(11-24)21(26)25-13)14-6-7-20(19(22)9-14)27-12-16-5-3-2-4-15(16)10-23/h2-9H,12H2,1H3,(H,25,26). The van der Waals surface area contributed by atoms with E-state index in [0.717, 1.165) is 11.1 Å². The van der Waals surface area contributed by atoms with E-state index in [9.17, 15) is 10.1 Å². The summed E-state index contributed by atoms with van der Waals surface area (Å²) in [6.07, 6.45) is 0. The van der Waals surface area contributed by atoms with Crippen LogP contribution in [0.1, 0.15) is 22.4 Å². The van der Waals surface area contributed by atoms with Gasteiger partial charge in [-0.15, -0.1) is 0 Å². The molecule has 6 heteroatoms. The molecule has 27 heavy (non-hydrogen) atoms. The first-order valence-corrected chi connectivity index (χ1v) is 8.87. The maximum absolute atomic E-state index is 12.0. The van der Waals surface area contributed by atoms with E-state index in [0.29, 0.717) is 27.0 Å². The number of hydrogen-bond donors (Lipinski definition) is 1. The molecule has 0 amide bonds. The number of nitrogens with zero attached hydrogens (tertiary/aromatic N) is 2. The van der Waals surface area contributed by atoms with E-state index in [1.807, 2.05) is 24.3 Å². The van der Waals surface area contributed by atoms with Crippen molar-refractivity contribution in [2.45, 2.75) is 13.5 Å². The number of hydrogen-bond acceptors (Lipinski definition) is 4. The van der Waals surface area contributed by atoms with Crippen LogP contribution in [0.25, 0.3) is 11.1 Å². The van der Waals surface area contributed by atoms with Crippen LogP contribution in [0.5, 0.6) is 5.75 Å². The largest absolute Gasteiger partial charge is 0.488 e. The predicted octanol–water partition coefficient (Wildman–Crippen LogP) is 4.44. The van der Waals surface area contributed by atoms with Crippen molar-refractivity contribution in [3.05, 3.63) is 85.7 Å². The number of H-pyrrole nitrogens is 1. The van der Waals surface area contributed by atoms with Crippen LogP contribution in [-0.4, -0.2) is 4.98 Å². The van der Waals surface area contributed by atoms with Gasteiger partial charge in [0.2, 0.25) is 0 Å². The van der Waals surface area contributed by atoms with Gasteiger partial charge in [0.1, 0.15) is 24.0 Å². The average molecular weight is 420 g/mol. The summed E-state index contributed by atoms with van der Waals surface area (Å²) in [5.41, 5.74) is 3.02. The van der Waals surface area contributed by atoms with Crippen LogP contribution in [-0.2, 0) is 6.61 Å². The summed E-state index contributed by atoms with van der Waals surface area (Å²) in [6.45, 7) is 2.03. The number of ether oxygens (including phenoxy) is 1. The van der Waals surface area contributed by atoms with E-state index >= 15 is 0 Å². The number of rotatable bonds is 4. The molecule has 0 fully saturated rings. The summed E-state index contributed by atoms with van der Waals surface area (Å²) in [5.74, 6) is 0.603.